The molecule has 0 aliphatic carbocycles. The first-order valence-electron chi connectivity index (χ1n) is 5.19. The molecule has 2 rings (SSSR count). The molecule has 0 bridgehead atoms. The second-order valence-electron chi connectivity index (χ2n) is 3.65. The van der Waals surface area contributed by atoms with E-state index in [0.29, 0.717) is 5.82 Å². The van der Waals surface area contributed by atoms with Crippen LogP contribution in [0.25, 0.3) is 0 Å². The first-order chi connectivity index (χ1) is 7.25. The van der Waals surface area contributed by atoms with Gasteiger partial charge in [-0.25, -0.2) is 9.97 Å². The smallest absolute Gasteiger partial charge is 0.134 e. The zero-order chi connectivity index (χ0) is 10.7. The van der Waals surface area contributed by atoms with Crippen LogP contribution in [0.3, 0.4) is 0 Å². The third-order valence-electron chi connectivity index (χ3n) is 2.39. The fourth-order valence-corrected chi connectivity index (χ4v) is 1.71. The van der Waals surface area contributed by atoms with Crippen LogP contribution in [0, 0.1) is 6.92 Å². The van der Waals surface area contributed by atoms with Crippen molar-refractivity contribution >= 4 is 11.6 Å². The molecule has 0 saturated carbocycles. The molecular formula is C10H16N4O. The molecule has 0 radical (unpaired) electrons. The van der Waals surface area contributed by atoms with Crippen LogP contribution >= 0.6 is 0 Å². The van der Waals surface area contributed by atoms with E-state index in [-0.39, 0.29) is 0 Å². The first kappa shape index (κ1) is 10.2. The monoisotopic (exact) mass is 208 g/mol. The maximum atomic E-state index is 5.70. The average Bonchev–Trinajstić information content (AvgIpc) is 2.43. The van der Waals surface area contributed by atoms with Crippen LogP contribution in [0.2, 0.25) is 0 Å². The highest BCUT2D eigenvalue weighted by molar-refractivity contribution is 5.46. The Morgan fingerprint density at radius 1 is 1.33 bits per heavy atom. The molecular weight excluding hydrogens is 192 g/mol. The van der Waals surface area contributed by atoms with Crippen molar-refractivity contribution in [2.75, 3.05) is 36.9 Å². The van der Waals surface area contributed by atoms with Gasteiger partial charge in [0.15, 0.2) is 0 Å². The lowest BCUT2D eigenvalue weighted by molar-refractivity contribution is 0.152. The Morgan fingerprint density at radius 2 is 2.20 bits per heavy atom. The highest BCUT2D eigenvalue weighted by atomic mass is 16.5. The van der Waals surface area contributed by atoms with Gasteiger partial charge in [0.2, 0.25) is 0 Å². The fourth-order valence-electron chi connectivity index (χ4n) is 1.71. The van der Waals surface area contributed by atoms with Gasteiger partial charge in [0.1, 0.15) is 17.5 Å². The van der Waals surface area contributed by atoms with E-state index in [4.69, 9.17) is 10.5 Å². The normalized spacial score (nSPS) is 17.5. The van der Waals surface area contributed by atoms with Gasteiger partial charge < -0.3 is 15.4 Å². The van der Waals surface area contributed by atoms with Crippen LogP contribution in [0.1, 0.15) is 12.2 Å². The SMILES string of the molecule is Cc1nc(N)cc(N2CCCOCC2)n1. The van der Waals surface area contributed by atoms with Crippen molar-refractivity contribution in [2.24, 2.45) is 0 Å². The van der Waals surface area contributed by atoms with Gasteiger partial charge in [0.05, 0.1) is 6.61 Å². The zero-order valence-corrected chi connectivity index (χ0v) is 8.94. The summed E-state index contributed by atoms with van der Waals surface area (Å²) in [6.07, 6.45) is 1.03. The second-order valence-corrected chi connectivity index (χ2v) is 3.65. The van der Waals surface area contributed by atoms with Gasteiger partial charge in [0, 0.05) is 25.8 Å². The van der Waals surface area contributed by atoms with Crippen molar-refractivity contribution in [3.8, 4) is 0 Å². The van der Waals surface area contributed by atoms with Crippen LogP contribution in [0.4, 0.5) is 11.6 Å². The third kappa shape index (κ3) is 2.56. The first-order valence-corrected chi connectivity index (χ1v) is 5.19. The quantitative estimate of drug-likeness (QED) is 0.732. The summed E-state index contributed by atoms with van der Waals surface area (Å²) in [5.74, 6) is 2.16. The molecule has 0 unspecified atom stereocenters. The number of anilines is 2. The van der Waals surface area contributed by atoms with E-state index in [9.17, 15) is 0 Å². The van der Waals surface area contributed by atoms with E-state index < -0.39 is 0 Å². The fraction of sp³-hybridized carbons (Fsp3) is 0.600. The summed E-state index contributed by atoms with van der Waals surface area (Å²) in [5, 5.41) is 0. The van der Waals surface area contributed by atoms with Gasteiger partial charge >= 0.3 is 0 Å². The van der Waals surface area contributed by atoms with Crippen molar-refractivity contribution in [2.45, 2.75) is 13.3 Å². The molecule has 1 aliphatic heterocycles. The van der Waals surface area contributed by atoms with E-state index in [2.05, 4.69) is 14.9 Å². The number of hydrogen-bond donors (Lipinski definition) is 1. The van der Waals surface area contributed by atoms with Crippen molar-refractivity contribution in [3.63, 3.8) is 0 Å². The molecule has 1 fully saturated rings. The van der Waals surface area contributed by atoms with E-state index in [1.54, 1.807) is 0 Å². The summed E-state index contributed by atoms with van der Waals surface area (Å²) in [6, 6.07) is 1.82. The van der Waals surface area contributed by atoms with E-state index in [1.165, 1.54) is 0 Å². The number of aryl methyl sites for hydroxylation is 1. The number of hydrogen-bond acceptors (Lipinski definition) is 5. The lowest BCUT2D eigenvalue weighted by atomic mass is 10.4. The summed E-state index contributed by atoms with van der Waals surface area (Å²) in [7, 11) is 0. The molecule has 0 amide bonds. The van der Waals surface area contributed by atoms with Crippen molar-refractivity contribution in [3.05, 3.63) is 11.9 Å². The molecule has 1 aromatic heterocycles. The summed E-state index contributed by atoms with van der Waals surface area (Å²) in [6.45, 7) is 5.28. The molecule has 2 N–H and O–H groups in total. The third-order valence-corrected chi connectivity index (χ3v) is 2.39. The Balaban J connectivity index is 2.19. The molecule has 1 saturated heterocycles. The number of nitrogens with two attached hydrogens (primary N) is 1. The lowest BCUT2D eigenvalue weighted by Crippen LogP contribution is -2.27. The van der Waals surface area contributed by atoms with E-state index in [0.717, 1.165) is 44.4 Å². The van der Waals surface area contributed by atoms with Gasteiger partial charge in [-0.15, -0.1) is 0 Å². The zero-order valence-electron chi connectivity index (χ0n) is 8.94. The minimum Gasteiger partial charge on any atom is -0.384 e. The Kier molecular flexibility index (Phi) is 3.01. The molecule has 0 atom stereocenters. The Bertz CT molecular complexity index is 314. The Morgan fingerprint density at radius 3 is 3.00 bits per heavy atom. The Labute approximate surface area is 89.3 Å². The van der Waals surface area contributed by atoms with Gasteiger partial charge in [-0.05, 0) is 13.3 Å². The summed E-state index contributed by atoms with van der Waals surface area (Å²) in [5.41, 5.74) is 5.70. The number of ether oxygens (including phenoxy) is 1. The molecule has 5 nitrogen and oxygen atoms in total. The second kappa shape index (κ2) is 4.44. The highest BCUT2D eigenvalue weighted by Gasteiger charge is 2.12. The predicted molar refractivity (Wildman–Crippen MR) is 58.8 cm³/mol. The Hall–Kier alpha value is -1.36. The van der Waals surface area contributed by atoms with E-state index >= 15 is 0 Å². The number of rotatable bonds is 1. The maximum Gasteiger partial charge on any atom is 0.134 e. The summed E-state index contributed by atoms with van der Waals surface area (Å²) < 4.78 is 5.39. The largest absolute Gasteiger partial charge is 0.384 e. The van der Waals surface area contributed by atoms with Crippen LogP contribution in [-0.4, -0.2) is 36.3 Å². The molecule has 2 heterocycles. The average molecular weight is 208 g/mol. The van der Waals surface area contributed by atoms with Crippen molar-refractivity contribution in [1.82, 2.24) is 9.97 Å². The molecule has 0 spiro atoms. The molecule has 1 aliphatic rings. The van der Waals surface area contributed by atoms with Crippen molar-refractivity contribution < 1.29 is 4.74 Å². The molecule has 0 aromatic carbocycles. The van der Waals surface area contributed by atoms with Gasteiger partial charge in [-0.1, -0.05) is 0 Å². The van der Waals surface area contributed by atoms with Crippen LogP contribution in [0.15, 0.2) is 6.07 Å². The van der Waals surface area contributed by atoms with Crippen LogP contribution in [-0.2, 0) is 4.74 Å². The topological polar surface area (TPSA) is 64.3 Å². The standard InChI is InChI=1S/C10H16N4O/c1-8-12-9(11)7-10(13-8)14-3-2-5-15-6-4-14/h7H,2-6H2,1H3,(H2,11,12,13). The highest BCUT2D eigenvalue weighted by Crippen LogP contribution is 2.15. The van der Waals surface area contributed by atoms with Crippen LogP contribution in [0.5, 0.6) is 0 Å². The lowest BCUT2D eigenvalue weighted by Gasteiger charge is -2.20. The van der Waals surface area contributed by atoms with E-state index in [1.807, 2.05) is 13.0 Å². The summed E-state index contributed by atoms with van der Waals surface area (Å²) in [4.78, 5) is 10.6. The molecule has 82 valence electrons. The molecule has 15 heavy (non-hydrogen) atoms. The number of nitrogens with zero attached hydrogens (tertiary/aromatic N) is 3. The van der Waals surface area contributed by atoms with Gasteiger partial charge in [0.25, 0.3) is 0 Å². The minimum atomic E-state index is 0.530. The number of aromatic nitrogens is 2. The predicted octanol–water partition coefficient (Wildman–Crippen LogP) is 0.594. The van der Waals surface area contributed by atoms with Crippen LogP contribution < -0.4 is 10.6 Å². The van der Waals surface area contributed by atoms with Gasteiger partial charge in [-0.2, -0.15) is 0 Å². The number of nitrogen functional groups attached to an aromatic ring is 1. The molecule has 5 heteroatoms. The minimum absolute atomic E-state index is 0.530. The van der Waals surface area contributed by atoms with Crippen molar-refractivity contribution in [1.29, 1.82) is 0 Å². The molecule has 1 aromatic rings. The summed E-state index contributed by atoms with van der Waals surface area (Å²) >= 11 is 0. The van der Waals surface area contributed by atoms with Gasteiger partial charge in [-0.3, -0.25) is 0 Å². The maximum absolute atomic E-state index is 5.70.